The topological polar surface area (TPSA) is 55.2 Å². The Morgan fingerprint density at radius 2 is 2.10 bits per heavy atom. The van der Waals surface area contributed by atoms with Gasteiger partial charge in [-0.3, -0.25) is 14.2 Å². The summed E-state index contributed by atoms with van der Waals surface area (Å²) in [6.45, 7) is 5.34. The van der Waals surface area contributed by atoms with Gasteiger partial charge >= 0.3 is 0 Å². The Kier molecular flexibility index (Phi) is 5.19. The van der Waals surface area contributed by atoms with Gasteiger partial charge in [-0.15, -0.1) is 11.3 Å². The van der Waals surface area contributed by atoms with Crippen LogP contribution in [0.25, 0.3) is 10.2 Å². The number of rotatable bonds is 5. The highest BCUT2D eigenvalue weighted by Gasteiger charge is 2.30. The second kappa shape index (κ2) is 7.85. The number of fused-ring (bicyclic) bond motifs is 4. The molecule has 1 unspecified atom stereocenters. The summed E-state index contributed by atoms with van der Waals surface area (Å²) in [6.07, 6.45) is 4.91. The first-order valence-corrected chi connectivity index (χ1v) is 12.4. The molecule has 1 amide bonds. The first-order chi connectivity index (χ1) is 14.6. The molecule has 0 fully saturated rings. The van der Waals surface area contributed by atoms with Crippen LogP contribution in [0.5, 0.6) is 0 Å². The molecule has 2 aromatic heterocycles. The number of thiophene rings is 1. The number of hydrogen-bond donors (Lipinski definition) is 0. The van der Waals surface area contributed by atoms with E-state index in [1.54, 1.807) is 15.9 Å². The molecule has 5 nitrogen and oxygen atoms in total. The molecule has 0 N–H and O–H groups in total. The smallest absolute Gasteiger partial charge is 0.263 e. The van der Waals surface area contributed by atoms with Crippen molar-refractivity contribution < 1.29 is 4.79 Å². The summed E-state index contributed by atoms with van der Waals surface area (Å²) in [7, 11) is 0. The number of amides is 1. The third kappa shape index (κ3) is 3.19. The highest BCUT2D eigenvalue weighted by molar-refractivity contribution is 8.00. The lowest BCUT2D eigenvalue weighted by Gasteiger charge is -2.22. The van der Waals surface area contributed by atoms with E-state index < -0.39 is 0 Å². The summed E-state index contributed by atoms with van der Waals surface area (Å²) in [6, 6.07) is 8.10. The van der Waals surface area contributed by atoms with Gasteiger partial charge in [-0.05, 0) is 56.2 Å². The van der Waals surface area contributed by atoms with Gasteiger partial charge in [-0.2, -0.15) is 0 Å². The minimum atomic E-state index is -0.310. The van der Waals surface area contributed by atoms with Crippen molar-refractivity contribution in [2.24, 2.45) is 0 Å². The quantitative estimate of drug-likeness (QED) is 0.436. The molecule has 1 aliphatic heterocycles. The zero-order chi connectivity index (χ0) is 20.8. The lowest BCUT2D eigenvalue weighted by atomic mass is 10.2. The molecule has 2 aliphatic rings. The van der Waals surface area contributed by atoms with Crippen LogP contribution in [0.1, 0.15) is 42.7 Å². The highest BCUT2D eigenvalue weighted by Crippen LogP contribution is 2.36. The fraction of sp³-hybridized carbons (Fsp3) is 0.435. The Balaban J connectivity index is 1.48. The molecule has 3 aromatic rings. The summed E-state index contributed by atoms with van der Waals surface area (Å²) >= 11 is 3.08. The maximum Gasteiger partial charge on any atom is 0.263 e. The van der Waals surface area contributed by atoms with Crippen LogP contribution in [0, 0.1) is 0 Å². The van der Waals surface area contributed by atoms with Gasteiger partial charge in [0.05, 0.1) is 10.6 Å². The van der Waals surface area contributed by atoms with Gasteiger partial charge in [0.2, 0.25) is 5.91 Å². The molecule has 5 rings (SSSR count). The fourth-order valence-corrected chi connectivity index (χ4v) is 6.86. The molecule has 3 heterocycles. The number of thioether (sulfide) groups is 1. The minimum absolute atomic E-state index is 0.0647. The Hall–Kier alpha value is -2.12. The lowest BCUT2D eigenvalue weighted by molar-refractivity contribution is -0.117. The number of para-hydroxylation sites is 1. The number of aryl methyl sites for hydroxylation is 2. The number of carbonyl (C=O) groups excluding carboxylic acids is 1. The first-order valence-electron chi connectivity index (χ1n) is 10.7. The second-order valence-electron chi connectivity index (χ2n) is 8.02. The summed E-state index contributed by atoms with van der Waals surface area (Å²) < 4.78 is 1.79. The number of benzene rings is 1. The van der Waals surface area contributed by atoms with Crippen LogP contribution in [0.4, 0.5) is 5.69 Å². The van der Waals surface area contributed by atoms with Crippen molar-refractivity contribution in [3.63, 3.8) is 0 Å². The Labute approximate surface area is 184 Å². The first kappa shape index (κ1) is 19.8. The Bertz CT molecular complexity index is 1200. The van der Waals surface area contributed by atoms with Crippen LogP contribution >= 0.6 is 23.1 Å². The average molecular weight is 440 g/mol. The molecule has 0 saturated carbocycles. The molecule has 0 bridgehead atoms. The monoisotopic (exact) mass is 439 g/mol. The second-order valence-corrected chi connectivity index (χ2v) is 10.4. The molecular weight excluding hydrogens is 414 g/mol. The van der Waals surface area contributed by atoms with Gasteiger partial charge in [0.25, 0.3) is 5.56 Å². The number of anilines is 1. The highest BCUT2D eigenvalue weighted by atomic mass is 32.2. The van der Waals surface area contributed by atoms with E-state index in [9.17, 15) is 9.59 Å². The molecule has 0 spiro atoms. The van der Waals surface area contributed by atoms with Crippen molar-refractivity contribution in [3.8, 4) is 0 Å². The van der Waals surface area contributed by atoms with E-state index in [0.29, 0.717) is 11.7 Å². The van der Waals surface area contributed by atoms with Gasteiger partial charge < -0.3 is 4.90 Å². The zero-order valence-electron chi connectivity index (χ0n) is 17.3. The molecule has 30 heavy (non-hydrogen) atoms. The maximum atomic E-state index is 13.4. The number of aromatic nitrogens is 2. The van der Waals surface area contributed by atoms with Crippen LogP contribution in [0.2, 0.25) is 0 Å². The largest absolute Gasteiger partial charge is 0.311 e. The summed E-state index contributed by atoms with van der Waals surface area (Å²) in [5.41, 5.74) is 3.51. The Morgan fingerprint density at radius 1 is 1.27 bits per heavy atom. The van der Waals surface area contributed by atoms with E-state index in [4.69, 9.17) is 4.98 Å². The van der Waals surface area contributed by atoms with Crippen molar-refractivity contribution in [2.45, 2.75) is 62.9 Å². The lowest BCUT2D eigenvalue weighted by Crippen LogP contribution is -2.35. The van der Waals surface area contributed by atoms with E-state index in [2.05, 4.69) is 13.0 Å². The van der Waals surface area contributed by atoms with Crippen molar-refractivity contribution in [2.75, 3.05) is 11.4 Å². The van der Waals surface area contributed by atoms with Gasteiger partial charge in [0.15, 0.2) is 5.16 Å². The van der Waals surface area contributed by atoms with E-state index in [1.807, 2.05) is 30.0 Å². The van der Waals surface area contributed by atoms with Crippen molar-refractivity contribution in [1.82, 2.24) is 9.55 Å². The zero-order valence-corrected chi connectivity index (χ0v) is 18.9. The molecule has 1 aliphatic carbocycles. The fourth-order valence-electron chi connectivity index (χ4n) is 4.56. The summed E-state index contributed by atoms with van der Waals surface area (Å²) in [4.78, 5) is 35.5. The SMILES string of the molecule is CCCn1c(SC(C)C(=O)N2CCc3ccccc32)nc2sc3c(c2c1=O)CCC3. The molecule has 7 heteroatoms. The molecule has 1 aromatic carbocycles. The molecule has 0 saturated heterocycles. The predicted octanol–water partition coefficient (Wildman–Crippen LogP) is 4.43. The number of nitrogens with zero attached hydrogens (tertiary/aromatic N) is 3. The van der Waals surface area contributed by atoms with Gasteiger partial charge in [-0.1, -0.05) is 36.9 Å². The standard InChI is InChI=1S/C23H25N3O2S2/c1-3-12-26-22(28)19-16-8-6-10-18(16)30-20(19)24-23(26)29-14(2)21(27)25-13-11-15-7-4-5-9-17(15)25/h4-5,7,9,14H,3,6,8,10-13H2,1-2H3. The van der Waals surface area contributed by atoms with Crippen LogP contribution in [-0.4, -0.2) is 27.3 Å². The average Bonchev–Trinajstić information content (AvgIpc) is 3.44. The van der Waals surface area contributed by atoms with Crippen molar-refractivity contribution in [1.29, 1.82) is 0 Å². The molecule has 156 valence electrons. The normalized spacial score (nSPS) is 16.1. The number of hydrogen-bond acceptors (Lipinski definition) is 5. The number of carbonyl (C=O) groups is 1. The minimum Gasteiger partial charge on any atom is -0.311 e. The molecule has 1 atom stereocenters. The van der Waals surface area contributed by atoms with Crippen LogP contribution < -0.4 is 10.5 Å². The van der Waals surface area contributed by atoms with Crippen LogP contribution in [0.3, 0.4) is 0 Å². The van der Waals surface area contributed by atoms with E-state index in [-0.39, 0.29) is 16.7 Å². The summed E-state index contributed by atoms with van der Waals surface area (Å²) in [5, 5.41) is 1.18. The van der Waals surface area contributed by atoms with Crippen molar-refractivity contribution in [3.05, 3.63) is 50.6 Å². The summed E-state index contributed by atoms with van der Waals surface area (Å²) in [5.74, 6) is 0.0796. The third-order valence-electron chi connectivity index (χ3n) is 6.02. The third-order valence-corrected chi connectivity index (χ3v) is 8.28. The molecular formula is C23H25N3O2S2. The van der Waals surface area contributed by atoms with Gasteiger partial charge in [0.1, 0.15) is 4.83 Å². The Morgan fingerprint density at radius 3 is 2.93 bits per heavy atom. The van der Waals surface area contributed by atoms with E-state index in [0.717, 1.165) is 54.6 Å². The van der Waals surface area contributed by atoms with Crippen LogP contribution in [-0.2, 0) is 30.6 Å². The maximum absolute atomic E-state index is 13.4. The van der Waals surface area contributed by atoms with Gasteiger partial charge in [-0.25, -0.2) is 4.98 Å². The van der Waals surface area contributed by atoms with E-state index in [1.165, 1.54) is 27.8 Å². The van der Waals surface area contributed by atoms with E-state index >= 15 is 0 Å². The van der Waals surface area contributed by atoms with Crippen molar-refractivity contribution >= 4 is 44.9 Å². The molecule has 0 radical (unpaired) electrons. The van der Waals surface area contributed by atoms with Crippen LogP contribution in [0.15, 0.2) is 34.2 Å². The predicted molar refractivity (Wildman–Crippen MR) is 124 cm³/mol. The van der Waals surface area contributed by atoms with Gasteiger partial charge in [0, 0.05) is 23.7 Å².